The van der Waals surface area contributed by atoms with Crippen LogP contribution in [0.4, 0.5) is 5.69 Å². The van der Waals surface area contributed by atoms with Gasteiger partial charge in [0.15, 0.2) is 6.10 Å². The first-order chi connectivity index (χ1) is 11.4. The molecule has 1 unspecified atom stereocenters. The summed E-state index contributed by atoms with van der Waals surface area (Å²) in [5.74, 6) is -0.109. The third-order valence-corrected chi connectivity index (χ3v) is 3.65. The van der Waals surface area contributed by atoms with Crippen LogP contribution in [0, 0.1) is 0 Å². The van der Waals surface area contributed by atoms with Gasteiger partial charge in [0, 0.05) is 25.3 Å². The van der Waals surface area contributed by atoms with Gasteiger partial charge in [-0.25, -0.2) is 4.79 Å². The summed E-state index contributed by atoms with van der Waals surface area (Å²) in [4.78, 5) is 26.4. The number of ketones is 1. The zero-order valence-electron chi connectivity index (χ0n) is 14.3. The minimum absolute atomic E-state index is 0.254. The Morgan fingerprint density at radius 3 is 1.96 bits per heavy atom. The van der Waals surface area contributed by atoms with Gasteiger partial charge in [0.25, 0.3) is 0 Å². The highest BCUT2D eigenvalue weighted by molar-refractivity contribution is 6.01. The molecule has 0 bridgehead atoms. The van der Waals surface area contributed by atoms with Gasteiger partial charge in [-0.3, -0.25) is 4.79 Å². The average Bonchev–Trinajstić information content (AvgIpc) is 2.61. The zero-order valence-corrected chi connectivity index (χ0v) is 14.3. The van der Waals surface area contributed by atoms with E-state index < -0.39 is 12.1 Å². The van der Waals surface area contributed by atoms with Crippen molar-refractivity contribution < 1.29 is 19.1 Å². The Kier molecular flexibility index (Phi) is 5.58. The van der Waals surface area contributed by atoms with Crippen molar-refractivity contribution >= 4 is 17.4 Å². The van der Waals surface area contributed by atoms with E-state index >= 15 is 0 Å². The van der Waals surface area contributed by atoms with Crippen LogP contribution < -0.4 is 9.64 Å². The summed E-state index contributed by atoms with van der Waals surface area (Å²) < 4.78 is 10.3. The number of carbonyl (C=O) groups is 2. The average molecular weight is 327 g/mol. The highest BCUT2D eigenvalue weighted by Crippen LogP contribution is 2.16. The summed E-state index contributed by atoms with van der Waals surface area (Å²) >= 11 is 0. The SMILES string of the molecule is COc1ccc(C(=O)C(C)OC(=O)c2ccc(N(C)C)cc2)cc1. The fourth-order valence-corrected chi connectivity index (χ4v) is 2.17. The van der Waals surface area contributed by atoms with Crippen LogP contribution in [0.25, 0.3) is 0 Å². The monoisotopic (exact) mass is 327 g/mol. The van der Waals surface area contributed by atoms with E-state index in [1.54, 1.807) is 50.4 Å². The zero-order chi connectivity index (χ0) is 17.7. The molecule has 5 nitrogen and oxygen atoms in total. The molecule has 24 heavy (non-hydrogen) atoms. The fourth-order valence-electron chi connectivity index (χ4n) is 2.17. The summed E-state index contributed by atoms with van der Waals surface area (Å²) in [6, 6.07) is 13.7. The van der Waals surface area contributed by atoms with Crippen molar-refractivity contribution in [2.75, 3.05) is 26.1 Å². The lowest BCUT2D eigenvalue weighted by molar-refractivity contribution is 0.0319. The van der Waals surface area contributed by atoms with Crippen molar-refractivity contribution in [2.45, 2.75) is 13.0 Å². The number of methoxy groups -OCH3 is 1. The Balaban J connectivity index is 2.03. The van der Waals surface area contributed by atoms with Crippen molar-refractivity contribution in [2.24, 2.45) is 0 Å². The van der Waals surface area contributed by atoms with Gasteiger partial charge in [-0.15, -0.1) is 0 Å². The molecule has 0 fully saturated rings. The van der Waals surface area contributed by atoms with Gasteiger partial charge in [-0.2, -0.15) is 0 Å². The van der Waals surface area contributed by atoms with E-state index in [0.29, 0.717) is 16.9 Å². The van der Waals surface area contributed by atoms with Crippen LogP contribution in [-0.4, -0.2) is 39.1 Å². The van der Waals surface area contributed by atoms with Crippen molar-refractivity contribution in [3.63, 3.8) is 0 Å². The Bertz CT molecular complexity index is 705. The first-order valence-electron chi connectivity index (χ1n) is 7.59. The van der Waals surface area contributed by atoms with Crippen molar-refractivity contribution in [1.82, 2.24) is 0 Å². The third kappa shape index (κ3) is 4.13. The van der Waals surface area contributed by atoms with Crippen LogP contribution >= 0.6 is 0 Å². The smallest absolute Gasteiger partial charge is 0.338 e. The molecular formula is C19H21NO4. The van der Waals surface area contributed by atoms with Crippen LogP contribution in [0.5, 0.6) is 5.75 Å². The molecule has 2 aromatic carbocycles. The number of rotatable bonds is 6. The van der Waals surface area contributed by atoms with Crippen LogP contribution in [0.2, 0.25) is 0 Å². The predicted molar refractivity (Wildman–Crippen MR) is 93.0 cm³/mol. The van der Waals surface area contributed by atoms with Gasteiger partial charge in [0.2, 0.25) is 5.78 Å². The van der Waals surface area contributed by atoms with Crippen LogP contribution in [0.1, 0.15) is 27.6 Å². The molecule has 0 aromatic heterocycles. The van der Waals surface area contributed by atoms with E-state index in [1.807, 2.05) is 31.1 Å². The lowest BCUT2D eigenvalue weighted by Gasteiger charge is -2.14. The van der Waals surface area contributed by atoms with E-state index in [4.69, 9.17) is 9.47 Å². The number of hydrogen-bond donors (Lipinski definition) is 0. The van der Waals surface area contributed by atoms with Crippen LogP contribution in [-0.2, 0) is 4.74 Å². The van der Waals surface area contributed by atoms with E-state index in [9.17, 15) is 9.59 Å². The van der Waals surface area contributed by atoms with Gasteiger partial charge in [-0.05, 0) is 55.5 Å². The number of Topliss-reactive ketones (excluding diaryl/α,β-unsaturated/α-hetero) is 1. The molecular weight excluding hydrogens is 306 g/mol. The molecule has 0 saturated carbocycles. The molecule has 0 aliphatic carbocycles. The second-order valence-corrected chi connectivity index (χ2v) is 5.58. The molecule has 0 aliphatic heterocycles. The fraction of sp³-hybridized carbons (Fsp3) is 0.263. The standard InChI is InChI=1S/C19H21NO4/c1-13(18(21)14-7-11-17(23-4)12-8-14)24-19(22)15-5-9-16(10-6-15)20(2)3/h5-13H,1-4H3. The second-order valence-electron chi connectivity index (χ2n) is 5.58. The summed E-state index contributed by atoms with van der Waals surface area (Å²) in [5, 5.41) is 0. The Labute approximate surface area is 141 Å². The molecule has 0 saturated heterocycles. The van der Waals surface area contributed by atoms with Crippen molar-refractivity contribution in [3.05, 3.63) is 59.7 Å². The number of esters is 1. The molecule has 0 heterocycles. The molecule has 0 amide bonds. The van der Waals surface area contributed by atoms with Gasteiger partial charge in [0.05, 0.1) is 12.7 Å². The normalized spacial score (nSPS) is 11.5. The van der Waals surface area contributed by atoms with E-state index in [2.05, 4.69) is 0 Å². The van der Waals surface area contributed by atoms with Gasteiger partial charge < -0.3 is 14.4 Å². The van der Waals surface area contributed by atoms with Crippen LogP contribution in [0.3, 0.4) is 0 Å². The number of anilines is 1. The van der Waals surface area contributed by atoms with Gasteiger partial charge >= 0.3 is 5.97 Å². The number of nitrogens with zero attached hydrogens (tertiary/aromatic N) is 1. The first kappa shape index (κ1) is 17.5. The summed E-state index contributed by atoms with van der Waals surface area (Å²) in [6.45, 7) is 1.57. The van der Waals surface area contributed by atoms with E-state index in [1.165, 1.54) is 0 Å². The minimum Gasteiger partial charge on any atom is -0.497 e. The van der Waals surface area contributed by atoms with E-state index in [0.717, 1.165) is 5.69 Å². The van der Waals surface area contributed by atoms with Gasteiger partial charge in [0.1, 0.15) is 5.75 Å². The van der Waals surface area contributed by atoms with E-state index in [-0.39, 0.29) is 5.78 Å². The Hall–Kier alpha value is -2.82. The Morgan fingerprint density at radius 2 is 1.46 bits per heavy atom. The quantitative estimate of drug-likeness (QED) is 0.602. The summed E-state index contributed by atoms with van der Waals surface area (Å²) in [7, 11) is 5.40. The lowest BCUT2D eigenvalue weighted by Crippen LogP contribution is -2.24. The lowest BCUT2D eigenvalue weighted by atomic mass is 10.1. The molecule has 2 rings (SSSR count). The number of hydrogen-bond acceptors (Lipinski definition) is 5. The first-order valence-corrected chi connectivity index (χ1v) is 7.59. The molecule has 0 N–H and O–H groups in total. The number of carbonyl (C=O) groups excluding carboxylic acids is 2. The van der Waals surface area contributed by atoms with Crippen LogP contribution in [0.15, 0.2) is 48.5 Å². The predicted octanol–water partition coefficient (Wildman–Crippen LogP) is 3.19. The highest BCUT2D eigenvalue weighted by atomic mass is 16.5. The molecule has 0 spiro atoms. The maximum absolute atomic E-state index is 12.3. The largest absolute Gasteiger partial charge is 0.497 e. The number of benzene rings is 2. The molecule has 0 aliphatic rings. The number of ether oxygens (including phenoxy) is 2. The minimum atomic E-state index is -0.862. The maximum Gasteiger partial charge on any atom is 0.338 e. The Morgan fingerprint density at radius 1 is 0.917 bits per heavy atom. The topological polar surface area (TPSA) is 55.8 Å². The molecule has 126 valence electrons. The molecule has 5 heteroatoms. The molecule has 1 atom stereocenters. The summed E-state index contributed by atoms with van der Waals surface area (Å²) in [5.41, 5.74) is 1.86. The second kappa shape index (κ2) is 7.64. The van der Waals surface area contributed by atoms with Crippen molar-refractivity contribution in [1.29, 1.82) is 0 Å². The summed E-state index contributed by atoms with van der Waals surface area (Å²) in [6.07, 6.45) is -0.862. The molecule has 0 radical (unpaired) electrons. The third-order valence-electron chi connectivity index (χ3n) is 3.65. The highest BCUT2D eigenvalue weighted by Gasteiger charge is 2.20. The molecule has 2 aromatic rings. The van der Waals surface area contributed by atoms with Crippen molar-refractivity contribution in [3.8, 4) is 5.75 Å². The van der Waals surface area contributed by atoms with Gasteiger partial charge in [-0.1, -0.05) is 0 Å². The maximum atomic E-state index is 12.3.